The number of aryl methyl sites for hydroxylation is 1. The van der Waals surface area contributed by atoms with E-state index < -0.39 is 8.32 Å². The fourth-order valence-electron chi connectivity index (χ4n) is 6.18. The minimum absolute atomic E-state index is 0.00577. The number of nitrogens with two attached hydrogens (primary N) is 1. The second-order valence-electron chi connectivity index (χ2n) is 12.7. The van der Waals surface area contributed by atoms with Crippen molar-refractivity contribution < 1.29 is 9.16 Å². The Morgan fingerprint density at radius 1 is 1.00 bits per heavy atom. The summed E-state index contributed by atoms with van der Waals surface area (Å²) in [5.41, 5.74) is 16.9. The monoisotopic (exact) mass is 637 g/mol. The Morgan fingerprint density at radius 3 is 2.17 bits per heavy atom. The summed E-state index contributed by atoms with van der Waals surface area (Å²) >= 11 is 0. The summed E-state index contributed by atoms with van der Waals surface area (Å²) in [7, 11) is -1.10. The Labute approximate surface area is 274 Å². The molecule has 3 aromatic carbocycles. The molecule has 0 radical (unpaired) electrons. The molecule has 46 heavy (non-hydrogen) atoms. The standard InChI is InChI=1S/C36H47N7O2Si/c1-7-14-28(24-45-46(36(3,4)5,29-15-10-8-11-16-29)30-17-12-9-13-18-30)41-34-31(25(2)40-35(38)42-34)23-27-21-26(22-33(37)43-39)19-20-32(27)44-6/h8-13,15-21,28,37,39H,7,14,22-24H2,1-6H3,(H3,38,40,41,42)/t28-/m0/s1. The number of methoxy groups -OCH3 is 1. The normalized spacial score (nSPS) is 12.4. The van der Waals surface area contributed by atoms with E-state index in [0.717, 1.165) is 41.0 Å². The summed E-state index contributed by atoms with van der Waals surface area (Å²) in [5, 5.41) is 17.2. The van der Waals surface area contributed by atoms with Crippen LogP contribution in [-0.2, 0) is 17.3 Å². The van der Waals surface area contributed by atoms with Gasteiger partial charge in [-0.3, -0.25) is 5.41 Å². The molecule has 10 heteroatoms. The predicted octanol–water partition coefficient (Wildman–Crippen LogP) is 6.67. The number of benzene rings is 3. The van der Waals surface area contributed by atoms with Crippen LogP contribution < -0.4 is 26.2 Å². The van der Waals surface area contributed by atoms with E-state index in [-0.39, 0.29) is 29.3 Å². The van der Waals surface area contributed by atoms with Gasteiger partial charge in [-0.15, -0.1) is 5.11 Å². The lowest BCUT2D eigenvalue weighted by Gasteiger charge is -2.43. The first-order valence-electron chi connectivity index (χ1n) is 15.8. The van der Waals surface area contributed by atoms with E-state index in [9.17, 15) is 0 Å². The van der Waals surface area contributed by atoms with Crippen LogP contribution in [0.25, 0.3) is 0 Å². The highest BCUT2D eigenvalue weighted by Crippen LogP contribution is 2.37. The Bertz CT molecular complexity index is 1590. The van der Waals surface area contributed by atoms with Crippen molar-refractivity contribution in [2.24, 2.45) is 5.11 Å². The average molecular weight is 638 g/mol. The molecule has 1 heterocycles. The van der Waals surface area contributed by atoms with Crippen molar-refractivity contribution in [1.82, 2.24) is 9.97 Å². The third-order valence-electron chi connectivity index (χ3n) is 8.35. The van der Waals surface area contributed by atoms with Gasteiger partial charge in [-0.1, -0.05) is 107 Å². The SMILES string of the molecule is CCC[C@@H](CO[Si](c1ccccc1)(c1ccccc1)C(C)(C)C)Nc1nc(N)nc(C)c1Cc1cc(CC(=N)N=N)ccc1OC. The highest BCUT2D eigenvalue weighted by molar-refractivity contribution is 6.99. The molecule has 0 saturated heterocycles. The topological polar surface area (TPSA) is 142 Å². The van der Waals surface area contributed by atoms with E-state index in [1.54, 1.807) is 7.11 Å². The van der Waals surface area contributed by atoms with Gasteiger partial charge < -0.3 is 20.2 Å². The summed E-state index contributed by atoms with van der Waals surface area (Å²) in [6.07, 6.45) is 2.59. The van der Waals surface area contributed by atoms with Crippen LogP contribution in [-0.4, -0.2) is 43.9 Å². The second kappa shape index (κ2) is 15.2. The molecule has 4 aromatic rings. The lowest BCUT2D eigenvalue weighted by molar-refractivity contribution is 0.273. The molecule has 0 aliphatic rings. The van der Waals surface area contributed by atoms with Gasteiger partial charge in [-0.05, 0) is 45.9 Å². The number of ether oxygens (including phenoxy) is 1. The third kappa shape index (κ3) is 7.86. The van der Waals surface area contributed by atoms with Crippen LogP contribution in [0.4, 0.5) is 11.8 Å². The molecule has 1 atom stereocenters. The van der Waals surface area contributed by atoms with Gasteiger partial charge in [0.25, 0.3) is 8.32 Å². The van der Waals surface area contributed by atoms with Crippen molar-refractivity contribution >= 4 is 36.3 Å². The maximum atomic E-state index is 7.87. The maximum absolute atomic E-state index is 7.87. The summed E-state index contributed by atoms with van der Waals surface area (Å²) in [6, 6.07) is 27.1. The molecule has 0 aliphatic heterocycles. The number of nitrogens with one attached hydrogen (secondary N) is 3. The first-order chi connectivity index (χ1) is 22.0. The van der Waals surface area contributed by atoms with Gasteiger partial charge in [-0.25, -0.2) is 10.5 Å². The van der Waals surface area contributed by atoms with E-state index in [0.29, 0.717) is 18.8 Å². The zero-order valence-corrected chi connectivity index (χ0v) is 28.9. The quantitative estimate of drug-likeness (QED) is 0.0526. The Hall–Kier alpha value is -4.41. The second-order valence-corrected chi connectivity index (χ2v) is 17.0. The van der Waals surface area contributed by atoms with Gasteiger partial charge in [0.1, 0.15) is 17.4 Å². The van der Waals surface area contributed by atoms with E-state index in [1.165, 1.54) is 10.4 Å². The minimum atomic E-state index is -2.74. The van der Waals surface area contributed by atoms with E-state index in [4.69, 9.17) is 30.8 Å². The largest absolute Gasteiger partial charge is 0.496 e. The summed E-state index contributed by atoms with van der Waals surface area (Å²) in [4.78, 5) is 9.21. The number of nitrogens with zero attached hydrogens (tertiary/aromatic N) is 3. The summed E-state index contributed by atoms with van der Waals surface area (Å²) < 4.78 is 13.0. The van der Waals surface area contributed by atoms with Gasteiger partial charge in [-0.2, -0.15) is 4.98 Å². The van der Waals surface area contributed by atoms with Crippen LogP contribution in [0.3, 0.4) is 0 Å². The molecule has 0 saturated carbocycles. The fourth-order valence-corrected chi connectivity index (χ4v) is 10.8. The van der Waals surface area contributed by atoms with Crippen molar-refractivity contribution in [3.63, 3.8) is 0 Å². The number of hydrogen-bond donors (Lipinski definition) is 4. The van der Waals surface area contributed by atoms with E-state index in [2.05, 4.69) is 104 Å². The third-order valence-corrected chi connectivity index (χ3v) is 13.4. The van der Waals surface area contributed by atoms with Gasteiger partial charge in [0.15, 0.2) is 0 Å². The van der Waals surface area contributed by atoms with Crippen LogP contribution in [0.5, 0.6) is 5.75 Å². The molecule has 1 aromatic heterocycles. The van der Waals surface area contributed by atoms with Crippen LogP contribution in [0, 0.1) is 17.9 Å². The fraction of sp³-hybridized carbons (Fsp3) is 0.361. The Balaban J connectivity index is 1.71. The van der Waals surface area contributed by atoms with Crippen molar-refractivity contribution in [2.75, 3.05) is 24.8 Å². The van der Waals surface area contributed by atoms with Crippen LogP contribution in [0.1, 0.15) is 62.9 Å². The Kier molecular flexibility index (Phi) is 11.4. The van der Waals surface area contributed by atoms with Crippen LogP contribution in [0.15, 0.2) is 84.0 Å². The van der Waals surface area contributed by atoms with E-state index in [1.807, 2.05) is 25.1 Å². The van der Waals surface area contributed by atoms with Crippen LogP contribution >= 0.6 is 0 Å². The first kappa shape index (κ1) is 34.5. The Morgan fingerprint density at radius 2 is 1.63 bits per heavy atom. The molecule has 0 spiro atoms. The number of aromatic nitrogens is 2. The minimum Gasteiger partial charge on any atom is -0.496 e. The molecule has 0 fully saturated rings. The predicted molar refractivity (Wildman–Crippen MR) is 189 cm³/mol. The lowest BCUT2D eigenvalue weighted by atomic mass is 9.99. The molecule has 9 nitrogen and oxygen atoms in total. The number of rotatable bonds is 14. The average Bonchev–Trinajstić information content (AvgIpc) is 3.03. The highest BCUT2D eigenvalue weighted by atomic mass is 28.4. The maximum Gasteiger partial charge on any atom is 0.261 e. The van der Waals surface area contributed by atoms with E-state index >= 15 is 0 Å². The van der Waals surface area contributed by atoms with Crippen molar-refractivity contribution in [3.05, 3.63) is 101 Å². The molecule has 0 aliphatic carbocycles. The smallest absolute Gasteiger partial charge is 0.261 e. The molecule has 0 amide bonds. The van der Waals surface area contributed by atoms with Gasteiger partial charge in [0.05, 0.1) is 13.7 Å². The molecule has 5 N–H and O–H groups in total. The molecular weight excluding hydrogens is 591 g/mol. The molecule has 0 bridgehead atoms. The number of amidine groups is 1. The molecule has 0 unspecified atom stereocenters. The first-order valence-corrected chi connectivity index (χ1v) is 17.7. The molecule has 4 rings (SSSR count). The lowest BCUT2D eigenvalue weighted by Crippen LogP contribution is -2.67. The number of nitrogen functional groups attached to an aromatic ring is 1. The van der Waals surface area contributed by atoms with Gasteiger partial charge in [0, 0.05) is 30.1 Å². The van der Waals surface area contributed by atoms with Gasteiger partial charge in [0.2, 0.25) is 5.95 Å². The van der Waals surface area contributed by atoms with Crippen LogP contribution in [0.2, 0.25) is 5.04 Å². The number of hydrogen-bond acceptors (Lipinski definition) is 8. The van der Waals surface area contributed by atoms with Crippen molar-refractivity contribution in [1.29, 1.82) is 10.9 Å². The van der Waals surface area contributed by atoms with Crippen molar-refractivity contribution in [2.45, 2.75) is 71.4 Å². The number of anilines is 2. The molecular formula is C36H47N7O2Si. The molecule has 242 valence electrons. The van der Waals surface area contributed by atoms with Crippen molar-refractivity contribution in [3.8, 4) is 5.75 Å². The van der Waals surface area contributed by atoms with Gasteiger partial charge >= 0.3 is 0 Å². The zero-order valence-electron chi connectivity index (χ0n) is 27.9. The zero-order chi connectivity index (χ0) is 33.3. The summed E-state index contributed by atoms with van der Waals surface area (Å²) in [6.45, 7) is 11.5. The highest BCUT2D eigenvalue weighted by Gasteiger charge is 2.50. The summed E-state index contributed by atoms with van der Waals surface area (Å²) in [5.74, 6) is 1.60.